The molecule has 0 heterocycles. The molecular weight excluding hydrogens is 370 g/mol. The van der Waals surface area contributed by atoms with Crippen LogP contribution in [-0.2, 0) is 9.59 Å². The molecule has 0 saturated heterocycles. The van der Waals surface area contributed by atoms with E-state index in [2.05, 4.69) is 10.6 Å². The lowest BCUT2D eigenvalue weighted by molar-refractivity contribution is -0.136. The Morgan fingerprint density at radius 2 is 1.32 bits per heavy atom. The molecule has 138 valence electrons. The zero-order valence-electron chi connectivity index (χ0n) is 14.8. The first-order valence-corrected chi connectivity index (χ1v) is 9.37. The van der Waals surface area contributed by atoms with Gasteiger partial charge in [-0.1, -0.05) is 60.7 Å². The van der Waals surface area contributed by atoms with E-state index in [1.165, 1.54) is 0 Å². The third-order valence-electron chi connectivity index (χ3n) is 4.02. The number of nitrogens with zero attached hydrogens (tertiary/aromatic N) is 1. The molecule has 0 aliphatic rings. The molecule has 0 atom stereocenters. The normalized spacial score (nSPS) is 10.1. The molecule has 0 fully saturated rings. The summed E-state index contributed by atoms with van der Waals surface area (Å²) in [4.78, 5) is 25.6. The van der Waals surface area contributed by atoms with Gasteiger partial charge in [-0.2, -0.15) is 5.26 Å². The molecule has 6 heteroatoms. The molecule has 5 nitrogen and oxygen atoms in total. The van der Waals surface area contributed by atoms with E-state index in [-0.39, 0.29) is 0 Å². The van der Waals surface area contributed by atoms with E-state index in [1.54, 1.807) is 24.3 Å². The van der Waals surface area contributed by atoms with Crippen LogP contribution in [0.2, 0.25) is 0 Å². The molecule has 3 aromatic rings. The van der Waals surface area contributed by atoms with Crippen LogP contribution in [0.3, 0.4) is 0 Å². The van der Waals surface area contributed by atoms with Crippen molar-refractivity contribution >= 4 is 29.3 Å². The van der Waals surface area contributed by atoms with Gasteiger partial charge in [0, 0.05) is 10.6 Å². The minimum atomic E-state index is -0.752. The molecule has 28 heavy (non-hydrogen) atoms. The number of thioether (sulfide) groups is 1. The molecule has 0 aromatic heterocycles. The Labute approximate surface area is 167 Å². The van der Waals surface area contributed by atoms with Crippen LogP contribution >= 0.6 is 11.8 Å². The number of benzene rings is 3. The molecular formula is C22H17N3O2S. The molecule has 2 N–H and O–H groups in total. The van der Waals surface area contributed by atoms with Crippen molar-refractivity contribution in [3.8, 4) is 5.40 Å². The third kappa shape index (κ3) is 5.00. The average Bonchev–Trinajstić information content (AvgIpc) is 2.74. The highest BCUT2D eigenvalue weighted by Crippen LogP contribution is 2.22. The molecule has 0 aliphatic carbocycles. The summed E-state index contributed by atoms with van der Waals surface area (Å²) in [5.74, 6) is -1.48. The van der Waals surface area contributed by atoms with E-state index in [0.717, 1.165) is 27.8 Å². The second-order valence-electron chi connectivity index (χ2n) is 5.90. The van der Waals surface area contributed by atoms with Gasteiger partial charge in [-0.05, 0) is 47.2 Å². The molecule has 3 aromatic carbocycles. The van der Waals surface area contributed by atoms with Crippen molar-refractivity contribution in [1.29, 1.82) is 5.26 Å². The summed E-state index contributed by atoms with van der Waals surface area (Å²) in [6, 6.07) is 25.2. The van der Waals surface area contributed by atoms with Crippen LogP contribution in [-0.4, -0.2) is 11.8 Å². The molecule has 0 saturated carbocycles. The van der Waals surface area contributed by atoms with Gasteiger partial charge < -0.3 is 10.6 Å². The minimum absolute atomic E-state index is 0.435. The van der Waals surface area contributed by atoms with E-state index >= 15 is 0 Å². The van der Waals surface area contributed by atoms with Crippen LogP contribution < -0.4 is 10.6 Å². The molecule has 0 unspecified atom stereocenters. The van der Waals surface area contributed by atoms with Gasteiger partial charge in [0.2, 0.25) is 0 Å². The highest BCUT2D eigenvalue weighted by molar-refractivity contribution is 8.03. The van der Waals surface area contributed by atoms with Crippen molar-refractivity contribution in [3.63, 3.8) is 0 Å². The number of anilines is 1. The summed E-state index contributed by atoms with van der Waals surface area (Å²) in [7, 11) is 0. The highest BCUT2D eigenvalue weighted by Gasteiger charge is 2.21. The van der Waals surface area contributed by atoms with Crippen molar-refractivity contribution in [3.05, 3.63) is 96.1 Å². The van der Waals surface area contributed by atoms with Crippen LogP contribution in [0.25, 0.3) is 0 Å². The average molecular weight is 387 g/mol. The number of hydrogen-bond acceptors (Lipinski definition) is 4. The lowest BCUT2D eigenvalue weighted by Crippen LogP contribution is -2.38. The summed E-state index contributed by atoms with van der Waals surface area (Å²) in [6.45, 7) is 0. The Hall–Kier alpha value is -3.56. The number of nitrogens with one attached hydrogen (secondary N) is 2. The van der Waals surface area contributed by atoms with Gasteiger partial charge in [0.1, 0.15) is 5.40 Å². The van der Waals surface area contributed by atoms with Crippen molar-refractivity contribution < 1.29 is 9.59 Å². The molecule has 2 amide bonds. The third-order valence-corrected chi connectivity index (χ3v) is 4.62. The number of hydrogen-bond donors (Lipinski definition) is 2. The quantitative estimate of drug-likeness (QED) is 0.392. The standard InChI is InChI=1S/C22H17N3O2S/c23-15-28-19-13-11-18(12-14-19)24-21(26)22(27)25-20(16-7-3-1-4-8-16)17-9-5-2-6-10-17/h1-14,20H,(H,24,26)(H,25,27). The van der Waals surface area contributed by atoms with Gasteiger partial charge in [0.25, 0.3) is 0 Å². The van der Waals surface area contributed by atoms with Crippen LogP contribution in [0.5, 0.6) is 0 Å². The van der Waals surface area contributed by atoms with Crippen LogP contribution in [0.15, 0.2) is 89.8 Å². The van der Waals surface area contributed by atoms with Crippen LogP contribution in [0, 0.1) is 10.7 Å². The highest BCUT2D eigenvalue weighted by atomic mass is 32.2. The summed E-state index contributed by atoms with van der Waals surface area (Å²) in [5, 5.41) is 16.0. The SMILES string of the molecule is N#CSc1ccc(NC(=O)C(=O)NC(c2ccccc2)c2ccccc2)cc1. The fraction of sp³-hybridized carbons (Fsp3) is 0.0455. The summed E-state index contributed by atoms with van der Waals surface area (Å²) >= 11 is 1.03. The van der Waals surface area contributed by atoms with E-state index in [9.17, 15) is 9.59 Å². The topological polar surface area (TPSA) is 82.0 Å². The second kappa shape index (κ2) is 9.40. The Kier molecular flexibility index (Phi) is 6.45. The Balaban J connectivity index is 1.73. The summed E-state index contributed by atoms with van der Waals surface area (Å²) in [5.41, 5.74) is 2.25. The van der Waals surface area contributed by atoms with Crippen LogP contribution in [0.1, 0.15) is 17.2 Å². The number of rotatable bonds is 5. The fourth-order valence-electron chi connectivity index (χ4n) is 2.69. The Morgan fingerprint density at radius 3 is 1.82 bits per heavy atom. The van der Waals surface area contributed by atoms with Gasteiger partial charge in [-0.15, -0.1) is 0 Å². The first kappa shape index (κ1) is 19.2. The maximum atomic E-state index is 12.5. The molecule has 0 spiro atoms. The molecule has 0 aliphatic heterocycles. The maximum absolute atomic E-state index is 12.5. The van der Waals surface area contributed by atoms with Gasteiger partial charge in [0.05, 0.1) is 6.04 Å². The second-order valence-corrected chi connectivity index (χ2v) is 6.76. The maximum Gasteiger partial charge on any atom is 0.313 e. The monoisotopic (exact) mass is 387 g/mol. The smallest absolute Gasteiger partial charge is 0.313 e. The van der Waals surface area contributed by atoms with Crippen molar-refractivity contribution in [2.24, 2.45) is 0 Å². The minimum Gasteiger partial charge on any atom is -0.337 e. The zero-order chi connectivity index (χ0) is 19.8. The van der Waals surface area contributed by atoms with Gasteiger partial charge in [-0.25, -0.2) is 0 Å². The fourth-order valence-corrected chi connectivity index (χ4v) is 3.07. The lowest BCUT2D eigenvalue weighted by Gasteiger charge is -2.19. The van der Waals surface area contributed by atoms with Crippen molar-refractivity contribution in [2.45, 2.75) is 10.9 Å². The van der Waals surface area contributed by atoms with E-state index in [0.29, 0.717) is 5.69 Å². The summed E-state index contributed by atoms with van der Waals surface area (Å²) < 4.78 is 0. The number of nitriles is 1. The predicted octanol–water partition coefficient (Wildman–Crippen LogP) is 4.10. The van der Waals surface area contributed by atoms with Gasteiger partial charge >= 0.3 is 11.8 Å². The summed E-state index contributed by atoms with van der Waals surface area (Å²) in [6.07, 6.45) is 0. The number of carbonyl (C=O) groups is 2. The predicted molar refractivity (Wildman–Crippen MR) is 109 cm³/mol. The molecule has 0 bridgehead atoms. The first-order chi connectivity index (χ1) is 13.7. The van der Waals surface area contributed by atoms with E-state index in [1.807, 2.05) is 66.1 Å². The lowest BCUT2D eigenvalue weighted by atomic mass is 9.99. The Bertz CT molecular complexity index is 944. The number of amides is 2. The van der Waals surface area contributed by atoms with Gasteiger partial charge in [0.15, 0.2) is 0 Å². The van der Waals surface area contributed by atoms with Gasteiger partial charge in [-0.3, -0.25) is 9.59 Å². The largest absolute Gasteiger partial charge is 0.337 e. The van der Waals surface area contributed by atoms with Crippen molar-refractivity contribution in [2.75, 3.05) is 5.32 Å². The van der Waals surface area contributed by atoms with E-state index in [4.69, 9.17) is 5.26 Å². The Morgan fingerprint density at radius 1 is 0.786 bits per heavy atom. The molecule has 0 radical (unpaired) electrons. The number of carbonyl (C=O) groups excluding carboxylic acids is 2. The molecule has 3 rings (SSSR count). The zero-order valence-corrected chi connectivity index (χ0v) is 15.6. The van der Waals surface area contributed by atoms with Crippen molar-refractivity contribution in [1.82, 2.24) is 5.32 Å². The first-order valence-electron chi connectivity index (χ1n) is 8.55. The number of thiocyanates is 1. The van der Waals surface area contributed by atoms with E-state index < -0.39 is 17.9 Å². The van der Waals surface area contributed by atoms with Crippen LogP contribution in [0.4, 0.5) is 5.69 Å².